The van der Waals surface area contributed by atoms with E-state index in [9.17, 15) is 0 Å². The molecule has 0 radical (unpaired) electrons. The van der Waals surface area contributed by atoms with Gasteiger partial charge in [0.25, 0.3) is 0 Å². The van der Waals surface area contributed by atoms with Crippen LogP contribution in [-0.2, 0) is 6.42 Å². The molecule has 35 heavy (non-hydrogen) atoms. The number of benzene rings is 4. The number of pyridine rings is 1. The van der Waals surface area contributed by atoms with Crippen molar-refractivity contribution in [2.24, 2.45) is 0 Å². The number of hydrogen-bond acceptors (Lipinski definition) is 1. The van der Waals surface area contributed by atoms with Crippen molar-refractivity contribution in [1.29, 1.82) is 0 Å². The molecule has 1 aliphatic rings. The van der Waals surface area contributed by atoms with E-state index in [1.165, 1.54) is 44.7 Å². The molecule has 0 unspecified atom stereocenters. The van der Waals surface area contributed by atoms with Crippen LogP contribution in [0.5, 0.6) is 0 Å². The minimum atomic E-state index is -0.696. The molecule has 170 valence electrons. The molecule has 2 heteroatoms. The van der Waals surface area contributed by atoms with Gasteiger partial charge in [0.2, 0.25) is 0 Å². The van der Waals surface area contributed by atoms with E-state index in [-0.39, 0.29) is 0 Å². The van der Waals surface area contributed by atoms with Gasteiger partial charge >= 0.3 is 0 Å². The molecular formula is C33H28NP. The van der Waals surface area contributed by atoms with Crippen molar-refractivity contribution in [2.45, 2.75) is 25.2 Å². The number of aryl methyl sites for hydroxylation is 1. The van der Waals surface area contributed by atoms with Gasteiger partial charge in [-0.25, -0.2) is 0 Å². The quantitative estimate of drug-likeness (QED) is 0.253. The Labute approximate surface area is 209 Å². The van der Waals surface area contributed by atoms with Crippen molar-refractivity contribution in [3.63, 3.8) is 0 Å². The highest BCUT2D eigenvalue weighted by Crippen LogP contribution is 2.39. The zero-order chi connectivity index (χ0) is 23.5. The summed E-state index contributed by atoms with van der Waals surface area (Å²) < 4.78 is 0. The molecule has 0 N–H and O–H groups in total. The first-order valence-electron chi connectivity index (χ1n) is 12.4. The van der Waals surface area contributed by atoms with E-state index < -0.39 is 7.92 Å². The third kappa shape index (κ3) is 4.45. The van der Waals surface area contributed by atoms with Gasteiger partial charge in [0, 0.05) is 11.5 Å². The molecule has 0 saturated carbocycles. The van der Waals surface area contributed by atoms with Crippen LogP contribution in [0.15, 0.2) is 127 Å². The molecule has 0 fully saturated rings. The molecule has 1 aromatic heterocycles. The monoisotopic (exact) mass is 469 g/mol. The van der Waals surface area contributed by atoms with Crippen LogP contribution in [0.4, 0.5) is 0 Å². The van der Waals surface area contributed by atoms with Crippen molar-refractivity contribution < 1.29 is 0 Å². The second-order valence-electron chi connectivity index (χ2n) is 9.12. The molecule has 0 saturated heterocycles. The van der Waals surface area contributed by atoms with Gasteiger partial charge in [-0.2, -0.15) is 0 Å². The number of rotatable bonds is 5. The Bertz CT molecular complexity index is 1370. The van der Waals surface area contributed by atoms with Gasteiger partial charge in [0.05, 0.1) is 11.4 Å². The molecule has 0 spiro atoms. The van der Waals surface area contributed by atoms with Gasteiger partial charge < -0.3 is 0 Å². The zero-order valence-electron chi connectivity index (χ0n) is 19.7. The summed E-state index contributed by atoms with van der Waals surface area (Å²) in [7, 11) is -0.696. The van der Waals surface area contributed by atoms with E-state index >= 15 is 0 Å². The summed E-state index contributed by atoms with van der Waals surface area (Å²) in [4.78, 5) is 5.38. The molecule has 6 rings (SSSR count). The fourth-order valence-electron chi connectivity index (χ4n) is 5.28. The molecule has 1 aliphatic carbocycles. The van der Waals surface area contributed by atoms with Gasteiger partial charge in [-0.15, -0.1) is 0 Å². The summed E-state index contributed by atoms with van der Waals surface area (Å²) in [5.41, 5.74) is 6.37. The van der Waals surface area contributed by atoms with Crippen LogP contribution < -0.4 is 15.9 Å². The maximum Gasteiger partial charge on any atom is 0.0712 e. The third-order valence-corrected chi connectivity index (χ3v) is 9.43. The molecule has 0 aliphatic heterocycles. The lowest BCUT2D eigenvalue weighted by molar-refractivity contribution is 0.599. The van der Waals surface area contributed by atoms with Gasteiger partial charge in [-0.1, -0.05) is 121 Å². The van der Waals surface area contributed by atoms with Crippen LogP contribution in [0.3, 0.4) is 0 Å². The summed E-state index contributed by atoms with van der Waals surface area (Å²) in [5.74, 6) is 0.372. The summed E-state index contributed by atoms with van der Waals surface area (Å²) >= 11 is 0. The van der Waals surface area contributed by atoms with Crippen LogP contribution in [0.25, 0.3) is 11.3 Å². The van der Waals surface area contributed by atoms with Crippen molar-refractivity contribution in [3.05, 3.63) is 144 Å². The van der Waals surface area contributed by atoms with Gasteiger partial charge in [0.15, 0.2) is 0 Å². The normalized spacial score (nSPS) is 15.1. The molecule has 1 atom stereocenters. The number of hydrogen-bond donors (Lipinski definition) is 0. The lowest BCUT2D eigenvalue weighted by atomic mass is 9.82. The van der Waals surface area contributed by atoms with Crippen LogP contribution in [-0.4, -0.2) is 4.98 Å². The standard InChI is InChI=1S/C33H28NP/c1-4-13-25(14-5-1)29-21-12-15-26-23-24-31(34-33(26)29)30-20-10-11-22-32(30)35(27-16-6-2-7-17-27)28-18-8-3-9-19-28/h1-11,13-14,16-20,22-24,29H,12,15,21H2/t29-/m1/s1. The molecule has 4 aromatic carbocycles. The van der Waals surface area contributed by atoms with E-state index in [0.717, 1.165) is 18.5 Å². The predicted molar refractivity (Wildman–Crippen MR) is 150 cm³/mol. The average molecular weight is 470 g/mol. The summed E-state index contributed by atoms with van der Waals surface area (Å²) in [6.07, 6.45) is 3.50. The molecular weight excluding hydrogens is 441 g/mol. The first-order chi connectivity index (χ1) is 17.4. The lowest BCUT2D eigenvalue weighted by Gasteiger charge is -2.26. The number of aromatic nitrogens is 1. The van der Waals surface area contributed by atoms with E-state index in [2.05, 4.69) is 127 Å². The smallest absolute Gasteiger partial charge is 0.0712 e. The Balaban J connectivity index is 1.49. The van der Waals surface area contributed by atoms with Gasteiger partial charge in [0.1, 0.15) is 0 Å². The highest BCUT2D eigenvalue weighted by atomic mass is 31.1. The lowest BCUT2D eigenvalue weighted by Crippen LogP contribution is -2.22. The first kappa shape index (κ1) is 22.0. The third-order valence-electron chi connectivity index (χ3n) is 6.93. The second kappa shape index (κ2) is 9.98. The van der Waals surface area contributed by atoms with Gasteiger partial charge in [-0.3, -0.25) is 4.98 Å². The Hall–Kier alpha value is -3.54. The highest BCUT2D eigenvalue weighted by Gasteiger charge is 2.25. The van der Waals surface area contributed by atoms with E-state index in [0.29, 0.717) is 5.92 Å². The maximum atomic E-state index is 5.38. The average Bonchev–Trinajstić information content (AvgIpc) is 2.94. The topological polar surface area (TPSA) is 12.9 Å². The zero-order valence-corrected chi connectivity index (χ0v) is 20.6. The van der Waals surface area contributed by atoms with Crippen molar-refractivity contribution in [2.75, 3.05) is 0 Å². The molecule has 5 aromatic rings. The fourth-order valence-corrected chi connectivity index (χ4v) is 7.74. The Morgan fingerprint density at radius 3 is 1.89 bits per heavy atom. The largest absolute Gasteiger partial charge is 0.252 e. The second-order valence-corrected chi connectivity index (χ2v) is 11.3. The SMILES string of the molecule is c1ccc([C@H]2CCCc3ccc(-c4ccccc4P(c4ccccc4)c4ccccc4)nc32)cc1. The van der Waals surface area contributed by atoms with Crippen molar-refractivity contribution in [3.8, 4) is 11.3 Å². The first-order valence-corrected chi connectivity index (χ1v) is 13.8. The number of fused-ring (bicyclic) bond motifs is 1. The summed E-state index contributed by atoms with van der Waals surface area (Å²) in [6.45, 7) is 0. The van der Waals surface area contributed by atoms with Crippen LogP contribution in [0.2, 0.25) is 0 Å². The molecule has 1 heterocycles. The molecule has 0 amide bonds. The highest BCUT2D eigenvalue weighted by molar-refractivity contribution is 7.80. The van der Waals surface area contributed by atoms with Crippen molar-refractivity contribution in [1.82, 2.24) is 4.98 Å². The fraction of sp³-hybridized carbons (Fsp3) is 0.121. The van der Waals surface area contributed by atoms with E-state index in [1.807, 2.05) is 0 Å². The predicted octanol–water partition coefficient (Wildman–Crippen LogP) is 6.98. The van der Waals surface area contributed by atoms with Crippen molar-refractivity contribution >= 4 is 23.8 Å². The minimum Gasteiger partial charge on any atom is -0.252 e. The van der Waals surface area contributed by atoms with E-state index in [4.69, 9.17) is 4.98 Å². The van der Waals surface area contributed by atoms with Crippen LogP contribution >= 0.6 is 7.92 Å². The molecule has 1 nitrogen and oxygen atoms in total. The van der Waals surface area contributed by atoms with Crippen LogP contribution in [0.1, 0.15) is 35.6 Å². The Morgan fingerprint density at radius 2 is 1.20 bits per heavy atom. The maximum absolute atomic E-state index is 5.38. The Morgan fingerprint density at radius 1 is 0.600 bits per heavy atom. The Kier molecular flexibility index (Phi) is 6.26. The number of nitrogens with zero attached hydrogens (tertiary/aromatic N) is 1. The summed E-state index contributed by atoms with van der Waals surface area (Å²) in [6, 6.07) is 46.2. The summed E-state index contributed by atoms with van der Waals surface area (Å²) in [5, 5.41) is 4.09. The molecule has 0 bridgehead atoms. The van der Waals surface area contributed by atoms with Crippen LogP contribution in [0, 0.1) is 0 Å². The van der Waals surface area contributed by atoms with Gasteiger partial charge in [-0.05, 0) is 60.3 Å². The minimum absolute atomic E-state index is 0.372. The van der Waals surface area contributed by atoms with E-state index in [1.54, 1.807) is 0 Å².